The summed E-state index contributed by atoms with van der Waals surface area (Å²) in [5, 5.41) is 6.98. The molecule has 0 aromatic heterocycles. The molecular weight excluding hydrogens is 862 g/mol. The highest BCUT2D eigenvalue weighted by Crippen LogP contribution is 2.51. The van der Waals surface area contributed by atoms with Crippen LogP contribution in [0.1, 0.15) is 84.3 Å². The van der Waals surface area contributed by atoms with E-state index in [0.717, 1.165) is 34.6 Å². The van der Waals surface area contributed by atoms with E-state index in [1.807, 2.05) is 63.1 Å². The second kappa shape index (κ2) is 22.2. The molecule has 1 fully saturated rings. The Labute approximate surface area is 398 Å². The van der Waals surface area contributed by atoms with Crippen LogP contribution in [0.4, 0.5) is 14.9 Å². The highest BCUT2D eigenvalue weighted by Gasteiger charge is 2.42. The minimum Gasteiger partial charge on any atom is -0.443 e. The molecule has 10 heteroatoms. The quantitative estimate of drug-likeness (QED) is 0.0656. The molecule has 66 heavy (non-hydrogen) atoms. The minimum absolute atomic E-state index is 0.100. The maximum atomic E-state index is 14.5. The van der Waals surface area contributed by atoms with Crippen LogP contribution in [0.25, 0.3) is 0 Å². The molecular formula is C56H60FN3O4S2. The largest absolute Gasteiger partial charge is 0.443 e. The van der Waals surface area contributed by atoms with Crippen molar-refractivity contribution in [3.63, 3.8) is 0 Å². The van der Waals surface area contributed by atoms with E-state index in [2.05, 4.69) is 114 Å². The Morgan fingerprint density at radius 3 is 1.92 bits per heavy atom. The van der Waals surface area contributed by atoms with E-state index in [9.17, 15) is 18.8 Å². The Morgan fingerprint density at radius 2 is 1.35 bits per heavy atom. The van der Waals surface area contributed by atoms with Crippen LogP contribution in [0.15, 0.2) is 163 Å². The van der Waals surface area contributed by atoms with Gasteiger partial charge in [-0.05, 0) is 130 Å². The summed E-state index contributed by atoms with van der Waals surface area (Å²) >= 11 is 3.58. The van der Waals surface area contributed by atoms with E-state index in [1.165, 1.54) is 35.7 Å². The number of anilines is 1. The van der Waals surface area contributed by atoms with Crippen molar-refractivity contribution in [2.45, 2.75) is 92.4 Å². The molecule has 2 unspecified atom stereocenters. The van der Waals surface area contributed by atoms with Gasteiger partial charge in [-0.2, -0.15) is 0 Å². The van der Waals surface area contributed by atoms with Crippen molar-refractivity contribution >= 4 is 47.0 Å². The summed E-state index contributed by atoms with van der Waals surface area (Å²) in [6, 6.07) is 51.1. The normalized spacial score (nSPS) is 15.5. The van der Waals surface area contributed by atoms with E-state index in [1.54, 1.807) is 34.9 Å². The lowest BCUT2D eigenvalue weighted by Crippen LogP contribution is -2.44. The number of ether oxygens (including phenoxy) is 1. The zero-order chi connectivity index (χ0) is 46.7. The number of benzene rings is 6. The molecule has 0 radical (unpaired) electrons. The SMILES string of the molecule is CSc1ccccc1CC[C@H](NC(=O)c1cc(N(CC2CC(SC(c3ccccc3)(c3ccccc3)c3ccccc3)CN2)C(=O)OC(C)(C)C)ccc1CCc1ccc(F)cc1)C(C)=O. The molecule has 1 heterocycles. The fourth-order valence-corrected chi connectivity index (χ4v) is 11.2. The maximum Gasteiger partial charge on any atom is 0.414 e. The molecule has 1 aliphatic rings. The number of ketones is 1. The number of carbonyl (C=O) groups is 3. The van der Waals surface area contributed by atoms with Gasteiger partial charge in [-0.3, -0.25) is 14.5 Å². The Hall–Kier alpha value is -5.68. The predicted molar refractivity (Wildman–Crippen MR) is 269 cm³/mol. The number of halogens is 1. The minimum atomic E-state index is -0.781. The highest BCUT2D eigenvalue weighted by atomic mass is 32.2. The van der Waals surface area contributed by atoms with Crippen molar-refractivity contribution in [2.75, 3.05) is 24.2 Å². The summed E-state index contributed by atoms with van der Waals surface area (Å²) in [5.41, 5.74) is 6.45. The van der Waals surface area contributed by atoms with Gasteiger partial charge in [-0.15, -0.1) is 23.5 Å². The molecule has 1 saturated heterocycles. The van der Waals surface area contributed by atoms with Gasteiger partial charge in [-0.1, -0.05) is 127 Å². The predicted octanol–water partition coefficient (Wildman–Crippen LogP) is 11.9. The molecule has 0 spiro atoms. The van der Waals surface area contributed by atoms with E-state index in [-0.39, 0.29) is 22.9 Å². The summed E-state index contributed by atoms with van der Waals surface area (Å²) in [6.07, 6.45) is 4.34. The Morgan fingerprint density at radius 1 is 0.758 bits per heavy atom. The van der Waals surface area contributed by atoms with E-state index < -0.39 is 28.4 Å². The van der Waals surface area contributed by atoms with Gasteiger partial charge >= 0.3 is 6.09 Å². The van der Waals surface area contributed by atoms with Crippen molar-refractivity contribution < 1.29 is 23.5 Å². The van der Waals surface area contributed by atoms with Crippen LogP contribution < -0.4 is 15.5 Å². The third-order valence-corrected chi connectivity index (χ3v) is 14.6. The molecule has 0 bridgehead atoms. The zero-order valence-electron chi connectivity index (χ0n) is 38.5. The molecule has 6 aromatic rings. The molecule has 342 valence electrons. The molecule has 7 rings (SSSR count). The van der Waals surface area contributed by atoms with E-state index >= 15 is 0 Å². The van der Waals surface area contributed by atoms with Crippen LogP contribution in [-0.4, -0.2) is 60.1 Å². The number of nitrogens with zero attached hydrogens (tertiary/aromatic N) is 1. The lowest BCUT2D eigenvalue weighted by Gasteiger charge is -2.37. The smallest absolute Gasteiger partial charge is 0.414 e. The third-order valence-electron chi connectivity index (χ3n) is 12.0. The summed E-state index contributed by atoms with van der Waals surface area (Å²) in [5.74, 6) is -0.853. The average molecular weight is 922 g/mol. The number of rotatable bonds is 18. The molecule has 0 saturated carbocycles. The summed E-state index contributed by atoms with van der Waals surface area (Å²) in [6.45, 7) is 8.05. The number of nitrogens with one attached hydrogen (secondary N) is 2. The Kier molecular flexibility index (Phi) is 16.2. The van der Waals surface area contributed by atoms with Gasteiger partial charge in [0.25, 0.3) is 5.91 Å². The molecule has 2 amide bonds. The summed E-state index contributed by atoms with van der Waals surface area (Å²) in [7, 11) is 0. The second-order valence-electron chi connectivity index (χ2n) is 17.9. The molecule has 6 aromatic carbocycles. The fraction of sp³-hybridized carbons (Fsp3) is 0.304. The lowest BCUT2D eigenvalue weighted by molar-refractivity contribution is -0.118. The van der Waals surface area contributed by atoms with Crippen molar-refractivity contribution in [1.82, 2.24) is 10.6 Å². The van der Waals surface area contributed by atoms with Crippen molar-refractivity contribution in [3.8, 4) is 0 Å². The average Bonchev–Trinajstić information content (AvgIpc) is 3.77. The van der Waals surface area contributed by atoms with E-state index in [4.69, 9.17) is 4.74 Å². The van der Waals surface area contributed by atoms with Gasteiger partial charge in [0, 0.05) is 40.5 Å². The first kappa shape index (κ1) is 48.3. The van der Waals surface area contributed by atoms with Crippen molar-refractivity contribution in [3.05, 3.63) is 202 Å². The fourth-order valence-electron chi connectivity index (χ4n) is 8.72. The molecule has 0 aliphatic carbocycles. The number of amides is 2. The monoisotopic (exact) mass is 921 g/mol. The lowest BCUT2D eigenvalue weighted by atomic mass is 9.84. The molecule has 3 atom stereocenters. The van der Waals surface area contributed by atoms with Gasteiger partial charge < -0.3 is 15.4 Å². The Bertz CT molecular complexity index is 2460. The second-order valence-corrected chi connectivity index (χ2v) is 20.3. The standard InChI is InChI=1S/C56H60FN3O4S2/c1-39(61)51(34-30-42-17-15-16-24-52(42)65-5)59-53(62)50-36-48(33-29-41(50)28-25-40-26-31-46(57)32-27-40)60(54(63)64-55(2,3)4)38-47-35-49(37-58-47)66-56(43-18-9-6-10-19-43,44-20-11-7-12-21-44)45-22-13-8-14-23-45/h6-24,26-27,29,31-33,36,47,49,51,58H,25,28,30,34-35,37-38H2,1-5H3,(H,59,62)/t47?,49?,51-/m0/s1. The number of hydrogen-bond acceptors (Lipinski definition) is 7. The van der Waals surface area contributed by atoms with Crippen LogP contribution in [0.3, 0.4) is 0 Å². The first-order valence-electron chi connectivity index (χ1n) is 22.7. The number of thioether (sulfide) groups is 2. The highest BCUT2D eigenvalue weighted by molar-refractivity contribution is 8.01. The van der Waals surface area contributed by atoms with Crippen molar-refractivity contribution in [1.29, 1.82) is 0 Å². The number of Topliss-reactive ketones (excluding diaryl/α,β-unsaturated/α-hetero) is 1. The van der Waals surface area contributed by atoms with Gasteiger partial charge in [-0.25, -0.2) is 9.18 Å². The van der Waals surface area contributed by atoms with Gasteiger partial charge in [0.1, 0.15) is 11.4 Å². The molecule has 7 nitrogen and oxygen atoms in total. The molecule has 1 aliphatic heterocycles. The zero-order valence-corrected chi connectivity index (χ0v) is 40.1. The van der Waals surface area contributed by atoms with Crippen molar-refractivity contribution in [2.24, 2.45) is 0 Å². The summed E-state index contributed by atoms with van der Waals surface area (Å²) in [4.78, 5) is 44.8. The van der Waals surface area contributed by atoms with Gasteiger partial charge in [0.2, 0.25) is 0 Å². The third kappa shape index (κ3) is 12.2. The molecule has 2 N–H and O–H groups in total. The first-order valence-corrected chi connectivity index (χ1v) is 24.8. The van der Waals surface area contributed by atoms with Gasteiger partial charge in [0.05, 0.1) is 10.8 Å². The van der Waals surface area contributed by atoms with Crippen LogP contribution in [0.2, 0.25) is 0 Å². The topological polar surface area (TPSA) is 87.7 Å². The number of aryl methyl sites for hydroxylation is 3. The van der Waals surface area contributed by atoms with Crippen LogP contribution in [0, 0.1) is 5.82 Å². The summed E-state index contributed by atoms with van der Waals surface area (Å²) < 4.78 is 19.4. The van der Waals surface area contributed by atoms with Crippen LogP contribution in [0.5, 0.6) is 0 Å². The van der Waals surface area contributed by atoms with Crippen LogP contribution in [-0.2, 0) is 33.5 Å². The number of carbonyl (C=O) groups excluding carboxylic acids is 3. The van der Waals surface area contributed by atoms with Crippen LogP contribution >= 0.6 is 23.5 Å². The number of hydrogen-bond donors (Lipinski definition) is 2. The van der Waals surface area contributed by atoms with Gasteiger partial charge in [0.15, 0.2) is 5.78 Å². The Balaban J connectivity index is 1.19. The van der Waals surface area contributed by atoms with E-state index in [0.29, 0.717) is 43.5 Å². The first-order chi connectivity index (χ1) is 31.8. The maximum absolute atomic E-state index is 14.5.